The first-order chi connectivity index (χ1) is 12.8. The maximum Gasteiger partial charge on any atom is 0.416 e. The summed E-state index contributed by atoms with van der Waals surface area (Å²) in [5, 5.41) is 0.552. The molecule has 0 spiro atoms. The van der Waals surface area contributed by atoms with Crippen molar-refractivity contribution >= 4 is 29.2 Å². The van der Waals surface area contributed by atoms with Crippen LogP contribution in [0.2, 0.25) is 5.02 Å². The fourth-order valence-corrected chi connectivity index (χ4v) is 3.86. The zero-order chi connectivity index (χ0) is 19.2. The second kappa shape index (κ2) is 6.68. The fourth-order valence-electron chi connectivity index (χ4n) is 3.68. The lowest BCUT2D eigenvalue weighted by atomic mass is 9.99. The second-order valence-corrected chi connectivity index (χ2v) is 8.46. The van der Waals surface area contributed by atoms with Crippen molar-refractivity contribution in [3.05, 3.63) is 35.6 Å². The van der Waals surface area contributed by atoms with Gasteiger partial charge in [0, 0.05) is 31.0 Å². The van der Waals surface area contributed by atoms with E-state index in [1.165, 1.54) is 0 Å². The Morgan fingerprint density at radius 1 is 1.30 bits per heavy atom. The van der Waals surface area contributed by atoms with Gasteiger partial charge in [-0.2, -0.15) is 0 Å². The van der Waals surface area contributed by atoms with Crippen LogP contribution in [-0.2, 0) is 4.74 Å². The van der Waals surface area contributed by atoms with E-state index in [4.69, 9.17) is 21.3 Å². The number of hydrogen-bond acceptors (Lipinski definition) is 5. The molecule has 2 aromatic heterocycles. The van der Waals surface area contributed by atoms with E-state index in [2.05, 4.69) is 9.88 Å². The second-order valence-electron chi connectivity index (χ2n) is 8.02. The van der Waals surface area contributed by atoms with Crippen LogP contribution in [0.4, 0.5) is 16.3 Å². The van der Waals surface area contributed by atoms with Crippen molar-refractivity contribution in [2.24, 2.45) is 0 Å². The molecule has 1 amide bonds. The summed E-state index contributed by atoms with van der Waals surface area (Å²) in [5.74, 6) is 0.651. The van der Waals surface area contributed by atoms with E-state index in [1.54, 1.807) is 17.3 Å². The first-order valence-corrected chi connectivity index (χ1v) is 9.59. The molecule has 0 N–H and O–H groups in total. The highest BCUT2D eigenvalue weighted by atomic mass is 35.5. The zero-order valence-corrected chi connectivity index (χ0v) is 16.5. The molecule has 2 aliphatic heterocycles. The molecule has 1 saturated heterocycles. The van der Waals surface area contributed by atoms with Crippen LogP contribution in [-0.4, -0.2) is 40.8 Å². The van der Waals surface area contributed by atoms with Crippen molar-refractivity contribution < 1.29 is 9.53 Å². The van der Waals surface area contributed by atoms with Crippen molar-refractivity contribution in [2.75, 3.05) is 22.9 Å². The molecule has 0 radical (unpaired) electrons. The number of fused-ring (bicyclic) bond motifs is 4. The number of carbonyl (C=O) groups excluding carboxylic acids is 1. The van der Waals surface area contributed by atoms with Gasteiger partial charge in [0.15, 0.2) is 5.82 Å². The number of aromatic nitrogens is 2. The predicted octanol–water partition coefficient (Wildman–Crippen LogP) is 4.52. The molecule has 0 aliphatic carbocycles. The van der Waals surface area contributed by atoms with E-state index in [0.717, 1.165) is 42.9 Å². The molecule has 0 saturated carbocycles. The van der Waals surface area contributed by atoms with Gasteiger partial charge in [0.2, 0.25) is 0 Å². The normalized spacial score (nSPS) is 18.9. The smallest absolute Gasteiger partial charge is 0.416 e. The van der Waals surface area contributed by atoms with Crippen molar-refractivity contribution in [3.8, 4) is 11.3 Å². The summed E-state index contributed by atoms with van der Waals surface area (Å²) in [6.45, 7) is 7.43. The van der Waals surface area contributed by atoms with Crippen LogP contribution in [0.15, 0.2) is 30.6 Å². The number of nitrogens with zero attached hydrogens (tertiary/aromatic N) is 4. The number of halogens is 1. The molecule has 2 aliphatic rings. The van der Waals surface area contributed by atoms with Crippen molar-refractivity contribution in [1.29, 1.82) is 0 Å². The Bertz CT molecular complexity index is 881. The Kier molecular flexibility index (Phi) is 4.46. The summed E-state index contributed by atoms with van der Waals surface area (Å²) in [5.41, 5.74) is 1.96. The lowest BCUT2D eigenvalue weighted by Crippen LogP contribution is -2.56. The minimum absolute atomic E-state index is 0.0707. The molecule has 7 heteroatoms. The summed E-state index contributed by atoms with van der Waals surface area (Å²) < 4.78 is 5.69. The van der Waals surface area contributed by atoms with Crippen molar-refractivity contribution in [3.63, 3.8) is 0 Å². The summed E-state index contributed by atoms with van der Waals surface area (Å²) >= 11 is 6.08. The Morgan fingerprint density at radius 2 is 2.11 bits per heavy atom. The molecule has 142 valence electrons. The zero-order valence-electron chi connectivity index (χ0n) is 15.8. The predicted molar refractivity (Wildman–Crippen MR) is 106 cm³/mol. The van der Waals surface area contributed by atoms with Crippen LogP contribution in [0.1, 0.15) is 33.6 Å². The van der Waals surface area contributed by atoms with Gasteiger partial charge < -0.3 is 9.64 Å². The molecule has 0 unspecified atom stereocenters. The van der Waals surface area contributed by atoms with E-state index >= 15 is 0 Å². The van der Waals surface area contributed by atoms with Crippen LogP contribution in [0, 0.1) is 0 Å². The Labute approximate surface area is 164 Å². The van der Waals surface area contributed by atoms with Gasteiger partial charge in [0.1, 0.15) is 5.60 Å². The van der Waals surface area contributed by atoms with Gasteiger partial charge in [-0.3, -0.25) is 9.88 Å². The van der Waals surface area contributed by atoms with Gasteiger partial charge in [0.25, 0.3) is 0 Å². The largest absolute Gasteiger partial charge is 0.443 e. The summed E-state index contributed by atoms with van der Waals surface area (Å²) in [6.07, 6.45) is 4.96. The lowest BCUT2D eigenvalue weighted by Gasteiger charge is -2.46. The molecule has 27 heavy (non-hydrogen) atoms. The molecule has 2 bridgehead atoms. The lowest BCUT2D eigenvalue weighted by molar-refractivity contribution is 0.0558. The Morgan fingerprint density at radius 3 is 2.85 bits per heavy atom. The minimum Gasteiger partial charge on any atom is -0.443 e. The molecule has 2 aromatic rings. The molecule has 0 aromatic carbocycles. The quantitative estimate of drug-likeness (QED) is 0.721. The molecule has 6 nitrogen and oxygen atoms in total. The van der Waals surface area contributed by atoms with Gasteiger partial charge >= 0.3 is 6.09 Å². The topological polar surface area (TPSA) is 58.6 Å². The number of piperidine rings is 1. The maximum absolute atomic E-state index is 13.0. The van der Waals surface area contributed by atoms with Crippen LogP contribution in [0.25, 0.3) is 11.3 Å². The van der Waals surface area contributed by atoms with E-state index in [-0.39, 0.29) is 12.1 Å². The number of amides is 1. The standard InChI is InChI=1S/C20H23ClN4O2/c1-20(2,3)27-19(26)25-15-5-4-8-24(12-15)17-7-6-16(23-18(17)25)13-9-14(21)11-22-10-13/h6-7,9-11,15H,4-5,8,12H2,1-3H3/t15-/m0/s1. The van der Waals surface area contributed by atoms with E-state index < -0.39 is 5.60 Å². The monoisotopic (exact) mass is 386 g/mol. The number of hydrogen-bond donors (Lipinski definition) is 0. The van der Waals surface area contributed by atoms with Gasteiger partial charge in [0.05, 0.1) is 22.4 Å². The Balaban J connectivity index is 1.79. The first-order valence-electron chi connectivity index (χ1n) is 9.21. The number of carbonyl (C=O) groups is 1. The average Bonchev–Trinajstić information content (AvgIpc) is 2.60. The van der Waals surface area contributed by atoms with Gasteiger partial charge in [-0.15, -0.1) is 0 Å². The number of anilines is 2. The number of pyridine rings is 2. The van der Waals surface area contributed by atoms with Gasteiger partial charge in [-0.1, -0.05) is 11.6 Å². The van der Waals surface area contributed by atoms with Crippen LogP contribution in [0.5, 0.6) is 0 Å². The fraction of sp³-hybridized carbons (Fsp3) is 0.450. The number of rotatable bonds is 1. The van der Waals surface area contributed by atoms with Crippen molar-refractivity contribution in [1.82, 2.24) is 9.97 Å². The third-order valence-corrected chi connectivity index (χ3v) is 4.98. The highest BCUT2D eigenvalue weighted by molar-refractivity contribution is 6.30. The van der Waals surface area contributed by atoms with E-state index in [9.17, 15) is 4.79 Å². The highest BCUT2D eigenvalue weighted by Crippen LogP contribution is 2.40. The molecular weight excluding hydrogens is 364 g/mol. The third-order valence-electron chi connectivity index (χ3n) is 4.78. The maximum atomic E-state index is 13.0. The van der Waals surface area contributed by atoms with Crippen LogP contribution >= 0.6 is 11.6 Å². The van der Waals surface area contributed by atoms with Gasteiger partial charge in [-0.25, -0.2) is 9.78 Å². The third kappa shape index (κ3) is 3.58. The van der Waals surface area contributed by atoms with Gasteiger partial charge in [-0.05, 0) is 51.8 Å². The Hall–Kier alpha value is -2.34. The molecule has 4 heterocycles. The first kappa shape index (κ1) is 18.0. The SMILES string of the molecule is CC(C)(C)OC(=O)N1c2nc(-c3cncc(Cl)c3)ccc2N2CCC[C@H]1C2. The van der Waals surface area contributed by atoms with E-state index in [0.29, 0.717) is 10.8 Å². The number of ether oxygens (including phenoxy) is 1. The molecule has 4 rings (SSSR count). The highest BCUT2D eigenvalue weighted by Gasteiger charge is 2.40. The average molecular weight is 387 g/mol. The van der Waals surface area contributed by atoms with Crippen LogP contribution in [0.3, 0.4) is 0 Å². The molecule has 1 atom stereocenters. The summed E-state index contributed by atoms with van der Waals surface area (Å²) in [7, 11) is 0. The van der Waals surface area contributed by atoms with Crippen LogP contribution < -0.4 is 9.80 Å². The molecule has 1 fully saturated rings. The van der Waals surface area contributed by atoms with Crippen molar-refractivity contribution in [2.45, 2.75) is 45.3 Å². The summed E-state index contributed by atoms with van der Waals surface area (Å²) in [4.78, 5) is 26.0. The summed E-state index contributed by atoms with van der Waals surface area (Å²) in [6, 6.07) is 5.87. The molecular formula is C20H23ClN4O2. The van der Waals surface area contributed by atoms with E-state index in [1.807, 2.05) is 39.0 Å². The minimum atomic E-state index is -0.558.